The Hall–Kier alpha value is -0.420. The predicted molar refractivity (Wildman–Crippen MR) is 66.1 cm³/mol. The largest absolute Gasteiger partial charge is 0.299 e. The number of carbonyl (C=O) groups excluding carboxylic acids is 1. The molecule has 2 rings (SSSR count). The lowest BCUT2D eigenvalue weighted by atomic mass is 9.89. The van der Waals surface area contributed by atoms with E-state index >= 15 is 0 Å². The van der Waals surface area contributed by atoms with E-state index in [0.717, 1.165) is 25.7 Å². The van der Waals surface area contributed by atoms with Crippen LogP contribution in [0.25, 0.3) is 0 Å². The molecule has 0 N–H and O–H groups in total. The van der Waals surface area contributed by atoms with Crippen molar-refractivity contribution in [1.29, 1.82) is 0 Å². The van der Waals surface area contributed by atoms with Crippen molar-refractivity contribution in [3.05, 3.63) is 0 Å². The molecule has 1 saturated carbocycles. The van der Waals surface area contributed by atoms with Gasteiger partial charge in [0.25, 0.3) is 0 Å². The topological polar surface area (TPSA) is 54.5 Å². The molecule has 1 aliphatic heterocycles. The van der Waals surface area contributed by atoms with Crippen molar-refractivity contribution in [2.75, 3.05) is 19.3 Å². The second-order valence-electron chi connectivity index (χ2n) is 5.82. The molecule has 1 atom stereocenters. The first kappa shape index (κ1) is 13.0. The molecule has 1 heterocycles. The Balaban J connectivity index is 1.92. The first-order valence-electron chi connectivity index (χ1n) is 6.30. The second kappa shape index (κ2) is 4.35. The van der Waals surface area contributed by atoms with Crippen molar-refractivity contribution in [3.8, 4) is 0 Å². The summed E-state index contributed by atoms with van der Waals surface area (Å²) in [5.74, 6) is 0.557. The molecule has 0 amide bonds. The van der Waals surface area contributed by atoms with Gasteiger partial charge >= 0.3 is 0 Å². The maximum absolute atomic E-state index is 12.0. The fraction of sp³-hybridized carbons (Fsp3) is 0.917. The van der Waals surface area contributed by atoms with E-state index in [1.807, 2.05) is 6.92 Å². The van der Waals surface area contributed by atoms with E-state index in [9.17, 15) is 13.2 Å². The summed E-state index contributed by atoms with van der Waals surface area (Å²) >= 11 is 0. The minimum atomic E-state index is -3.09. The number of hydrogen-bond acceptors (Lipinski definition) is 3. The molecule has 2 aliphatic rings. The van der Waals surface area contributed by atoms with Gasteiger partial charge in [0.05, 0.1) is 6.26 Å². The standard InChI is InChI=1S/C12H21NO3S/c1-12(5-6-12)11(14)8-10-4-3-7-13(9-10)17(2,15)16/h10H,3-9H2,1-2H3. The van der Waals surface area contributed by atoms with Gasteiger partial charge in [-0.25, -0.2) is 12.7 Å². The third-order valence-corrected chi connectivity index (χ3v) is 5.37. The Labute approximate surface area is 103 Å². The van der Waals surface area contributed by atoms with E-state index in [4.69, 9.17) is 0 Å². The van der Waals surface area contributed by atoms with Gasteiger partial charge in [-0.05, 0) is 31.6 Å². The summed E-state index contributed by atoms with van der Waals surface area (Å²) in [6.45, 7) is 3.16. The molecular weight excluding hydrogens is 238 g/mol. The third kappa shape index (κ3) is 3.07. The van der Waals surface area contributed by atoms with Crippen LogP contribution in [-0.4, -0.2) is 37.9 Å². The van der Waals surface area contributed by atoms with Crippen LogP contribution in [0.3, 0.4) is 0 Å². The summed E-state index contributed by atoms with van der Waals surface area (Å²) in [5, 5.41) is 0. The second-order valence-corrected chi connectivity index (χ2v) is 7.80. The molecule has 0 aromatic rings. The minimum absolute atomic E-state index is 0.0760. The number of piperidine rings is 1. The number of sulfonamides is 1. The van der Waals surface area contributed by atoms with Crippen molar-refractivity contribution in [2.45, 2.75) is 39.0 Å². The zero-order valence-electron chi connectivity index (χ0n) is 10.6. The molecule has 0 radical (unpaired) electrons. The number of hydrogen-bond donors (Lipinski definition) is 0. The van der Waals surface area contributed by atoms with Crippen LogP contribution in [0.5, 0.6) is 0 Å². The number of carbonyl (C=O) groups is 1. The van der Waals surface area contributed by atoms with Crippen LogP contribution in [0.2, 0.25) is 0 Å². The third-order valence-electron chi connectivity index (χ3n) is 4.10. The van der Waals surface area contributed by atoms with Crippen molar-refractivity contribution in [1.82, 2.24) is 4.31 Å². The number of rotatable bonds is 4. The molecule has 1 unspecified atom stereocenters. The Morgan fingerprint density at radius 3 is 2.59 bits per heavy atom. The van der Waals surface area contributed by atoms with Crippen molar-refractivity contribution >= 4 is 15.8 Å². The highest BCUT2D eigenvalue weighted by Crippen LogP contribution is 2.47. The van der Waals surface area contributed by atoms with E-state index in [1.54, 1.807) is 0 Å². The Kier molecular flexibility index (Phi) is 3.34. The van der Waals surface area contributed by atoms with Crippen molar-refractivity contribution < 1.29 is 13.2 Å². The van der Waals surface area contributed by atoms with Gasteiger partial charge in [-0.3, -0.25) is 4.79 Å². The molecule has 0 bridgehead atoms. The zero-order chi connectivity index (χ0) is 12.7. The summed E-state index contributed by atoms with van der Waals surface area (Å²) in [6.07, 6.45) is 5.68. The Morgan fingerprint density at radius 2 is 2.06 bits per heavy atom. The van der Waals surface area contributed by atoms with Gasteiger partial charge in [0, 0.05) is 24.9 Å². The first-order chi connectivity index (χ1) is 7.81. The van der Waals surface area contributed by atoms with Crippen molar-refractivity contribution in [3.63, 3.8) is 0 Å². The summed E-state index contributed by atoms with van der Waals surface area (Å²) < 4.78 is 24.5. The quantitative estimate of drug-likeness (QED) is 0.767. The number of nitrogens with zero attached hydrogens (tertiary/aromatic N) is 1. The predicted octanol–water partition coefficient (Wildman–Crippen LogP) is 1.42. The van der Waals surface area contributed by atoms with E-state index in [1.165, 1.54) is 10.6 Å². The van der Waals surface area contributed by atoms with Gasteiger partial charge in [0.1, 0.15) is 5.78 Å². The van der Waals surface area contributed by atoms with E-state index in [-0.39, 0.29) is 11.3 Å². The molecular formula is C12H21NO3S. The van der Waals surface area contributed by atoms with Crippen LogP contribution in [0.1, 0.15) is 39.0 Å². The van der Waals surface area contributed by atoms with Crippen LogP contribution in [0.4, 0.5) is 0 Å². The number of ketones is 1. The van der Waals surface area contributed by atoms with Crippen LogP contribution in [0.15, 0.2) is 0 Å². The highest BCUT2D eigenvalue weighted by molar-refractivity contribution is 7.88. The van der Waals surface area contributed by atoms with Crippen LogP contribution in [-0.2, 0) is 14.8 Å². The molecule has 0 aromatic heterocycles. The summed E-state index contributed by atoms with van der Waals surface area (Å²) in [7, 11) is -3.09. The van der Waals surface area contributed by atoms with Crippen LogP contribution < -0.4 is 0 Å². The molecule has 2 fully saturated rings. The highest BCUT2D eigenvalue weighted by Gasteiger charge is 2.45. The molecule has 0 aromatic carbocycles. The van der Waals surface area contributed by atoms with Gasteiger partial charge in [0.15, 0.2) is 0 Å². The lowest BCUT2D eigenvalue weighted by Gasteiger charge is -2.31. The number of Topliss-reactive ketones (excluding diaryl/α,β-unsaturated/α-hetero) is 1. The fourth-order valence-electron chi connectivity index (χ4n) is 2.47. The monoisotopic (exact) mass is 259 g/mol. The molecule has 5 heteroatoms. The maximum Gasteiger partial charge on any atom is 0.211 e. The summed E-state index contributed by atoms with van der Waals surface area (Å²) in [6, 6.07) is 0. The highest BCUT2D eigenvalue weighted by atomic mass is 32.2. The first-order valence-corrected chi connectivity index (χ1v) is 8.14. The van der Waals surface area contributed by atoms with Gasteiger partial charge in [-0.2, -0.15) is 0 Å². The normalized spacial score (nSPS) is 28.9. The summed E-state index contributed by atoms with van der Waals surface area (Å²) in [5.41, 5.74) is -0.0760. The maximum atomic E-state index is 12.0. The van der Waals surface area contributed by atoms with Gasteiger partial charge in [-0.15, -0.1) is 0 Å². The molecule has 1 aliphatic carbocycles. The Bertz CT molecular complexity index is 411. The summed E-state index contributed by atoms with van der Waals surface area (Å²) in [4.78, 5) is 12.0. The van der Waals surface area contributed by atoms with E-state index < -0.39 is 10.0 Å². The lowest BCUT2D eigenvalue weighted by Crippen LogP contribution is -2.40. The zero-order valence-corrected chi connectivity index (χ0v) is 11.4. The Morgan fingerprint density at radius 1 is 1.41 bits per heavy atom. The van der Waals surface area contributed by atoms with Gasteiger partial charge in [0.2, 0.25) is 10.0 Å². The van der Waals surface area contributed by atoms with E-state index in [0.29, 0.717) is 25.3 Å². The van der Waals surface area contributed by atoms with Gasteiger partial charge < -0.3 is 0 Å². The fourth-order valence-corrected chi connectivity index (χ4v) is 3.41. The molecule has 4 nitrogen and oxygen atoms in total. The molecule has 0 spiro atoms. The van der Waals surface area contributed by atoms with E-state index in [2.05, 4.69) is 0 Å². The van der Waals surface area contributed by atoms with Crippen molar-refractivity contribution in [2.24, 2.45) is 11.3 Å². The SMILES string of the molecule is CC1(C(=O)CC2CCCN(S(C)(=O)=O)C2)CC1. The van der Waals surface area contributed by atoms with Crippen LogP contribution >= 0.6 is 0 Å². The molecule has 98 valence electrons. The molecule has 1 saturated heterocycles. The average molecular weight is 259 g/mol. The smallest absolute Gasteiger partial charge is 0.211 e. The lowest BCUT2D eigenvalue weighted by molar-refractivity contribution is -0.124. The molecule has 17 heavy (non-hydrogen) atoms. The van der Waals surface area contributed by atoms with Gasteiger partial charge in [-0.1, -0.05) is 6.92 Å². The minimum Gasteiger partial charge on any atom is -0.299 e. The van der Waals surface area contributed by atoms with Crippen LogP contribution in [0, 0.1) is 11.3 Å². The average Bonchev–Trinajstić information content (AvgIpc) is 2.97.